The Morgan fingerprint density at radius 1 is 1.10 bits per heavy atom. The van der Waals surface area contributed by atoms with Gasteiger partial charge >= 0.3 is 0 Å². The third-order valence-corrected chi connectivity index (χ3v) is 6.08. The number of piperazine rings is 1. The lowest BCUT2D eigenvalue weighted by Gasteiger charge is -2.56. The number of rotatable bonds is 6. The molecule has 0 unspecified atom stereocenters. The largest absolute Gasteiger partial charge is 0.352 e. The van der Waals surface area contributed by atoms with Gasteiger partial charge in [-0.1, -0.05) is 0 Å². The molecular formula is C22H26N6O2. The lowest BCUT2D eigenvalue weighted by molar-refractivity contribution is -0.147. The van der Waals surface area contributed by atoms with Crippen LogP contribution in [0.2, 0.25) is 0 Å². The Kier molecular flexibility index (Phi) is 4.77. The summed E-state index contributed by atoms with van der Waals surface area (Å²) in [5.41, 5.74) is 1.44. The van der Waals surface area contributed by atoms with Gasteiger partial charge in [0, 0.05) is 43.0 Å². The predicted molar refractivity (Wildman–Crippen MR) is 114 cm³/mol. The monoisotopic (exact) mass is 406 g/mol. The van der Waals surface area contributed by atoms with E-state index in [4.69, 9.17) is 0 Å². The van der Waals surface area contributed by atoms with Crippen LogP contribution in [-0.4, -0.2) is 58.4 Å². The number of amides is 2. The molecule has 4 heterocycles. The number of carbonyl (C=O) groups excluding carboxylic acids is 2. The van der Waals surface area contributed by atoms with E-state index in [2.05, 4.69) is 30.4 Å². The number of carbonyl (C=O) groups is 2. The molecule has 2 atom stereocenters. The summed E-state index contributed by atoms with van der Waals surface area (Å²) in [6, 6.07) is 9.79. The average molecular weight is 406 g/mol. The summed E-state index contributed by atoms with van der Waals surface area (Å²) >= 11 is 0. The summed E-state index contributed by atoms with van der Waals surface area (Å²) in [5.74, 6) is 1.96. The van der Waals surface area contributed by atoms with E-state index in [1.807, 2.05) is 25.1 Å². The van der Waals surface area contributed by atoms with Crippen LogP contribution in [-0.2, 0) is 4.79 Å². The topological polar surface area (TPSA) is 90.5 Å². The van der Waals surface area contributed by atoms with E-state index >= 15 is 0 Å². The Morgan fingerprint density at radius 3 is 2.50 bits per heavy atom. The number of aromatic nitrogens is 2. The number of hydrogen-bond acceptors (Lipinski definition) is 6. The molecular weight excluding hydrogens is 380 g/mol. The lowest BCUT2D eigenvalue weighted by Crippen LogP contribution is -2.70. The van der Waals surface area contributed by atoms with Crippen molar-refractivity contribution in [3.8, 4) is 0 Å². The minimum Gasteiger partial charge on any atom is -0.352 e. The van der Waals surface area contributed by atoms with Gasteiger partial charge in [0.2, 0.25) is 11.9 Å². The molecule has 1 saturated carbocycles. The molecule has 4 fully saturated rings. The first kappa shape index (κ1) is 18.8. The number of nitrogens with zero attached hydrogens (tertiary/aromatic N) is 4. The summed E-state index contributed by atoms with van der Waals surface area (Å²) < 4.78 is 0. The molecule has 3 saturated heterocycles. The molecule has 1 aromatic carbocycles. The smallest absolute Gasteiger partial charge is 0.251 e. The minimum absolute atomic E-state index is 0.0832. The third kappa shape index (κ3) is 3.58. The molecule has 8 heteroatoms. The van der Waals surface area contributed by atoms with E-state index in [1.54, 1.807) is 18.3 Å². The molecule has 1 aliphatic carbocycles. The molecule has 156 valence electrons. The standard InChI is InChI=1S/C22H26N6O2/c1-2-23-20(29)14-5-7-16(8-6-14)25-22-24-10-9-19(26-22)27-12-17-11-18(13-27)28(17)21(30)15-3-4-15/h5-10,15,17-18H,2-4,11-13H2,1H3,(H,23,29)(H,24,25,26)/t17-,18+. The van der Waals surface area contributed by atoms with Crippen molar-refractivity contribution in [1.82, 2.24) is 20.2 Å². The van der Waals surface area contributed by atoms with Crippen LogP contribution in [0.15, 0.2) is 36.5 Å². The second-order valence-corrected chi connectivity index (χ2v) is 8.27. The van der Waals surface area contributed by atoms with Gasteiger partial charge in [0.1, 0.15) is 5.82 Å². The molecule has 6 rings (SSSR count). The van der Waals surface area contributed by atoms with Crippen LogP contribution in [0.1, 0.15) is 36.5 Å². The molecule has 2 bridgehead atoms. The highest BCUT2D eigenvalue weighted by atomic mass is 16.2. The first-order chi connectivity index (χ1) is 14.6. The number of anilines is 3. The first-order valence-corrected chi connectivity index (χ1v) is 10.7. The van der Waals surface area contributed by atoms with Crippen LogP contribution in [0.4, 0.5) is 17.5 Å². The third-order valence-electron chi connectivity index (χ3n) is 6.08. The maximum atomic E-state index is 12.5. The number of nitrogens with one attached hydrogen (secondary N) is 2. The van der Waals surface area contributed by atoms with Crippen molar-refractivity contribution in [2.45, 2.75) is 38.3 Å². The van der Waals surface area contributed by atoms with E-state index in [0.717, 1.165) is 43.9 Å². The predicted octanol–water partition coefficient (Wildman–Crippen LogP) is 2.17. The molecule has 2 amide bonds. The number of hydrogen-bond donors (Lipinski definition) is 2. The van der Waals surface area contributed by atoms with Gasteiger partial charge in [0.15, 0.2) is 0 Å². The quantitative estimate of drug-likeness (QED) is 0.764. The van der Waals surface area contributed by atoms with Gasteiger partial charge in [0.25, 0.3) is 5.91 Å². The summed E-state index contributed by atoms with van der Waals surface area (Å²) in [5, 5.41) is 6.00. The van der Waals surface area contributed by atoms with Gasteiger partial charge in [-0.05, 0) is 56.5 Å². The van der Waals surface area contributed by atoms with E-state index < -0.39 is 0 Å². The average Bonchev–Trinajstić information content (AvgIpc) is 3.60. The van der Waals surface area contributed by atoms with Crippen molar-refractivity contribution in [2.24, 2.45) is 5.92 Å². The molecule has 3 aliphatic heterocycles. The first-order valence-electron chi connectivity index (χ1n) is 10.7. The van der Waals surface area contributed by atoms with Crippen LogP contribution in [0, 0.1) is 5.92 Å². The normalized spacial score (nSPS) is 22.3. The Labute approximate surface area is 175 Å². The summed E-state index contributed by atoms with van der Waals surface area (Å²) in [4.78, 5) is 37.7. The fourth-order valence-electron chi connectivity index (χ4n) is 4.38. The highest BCUT2D eigenvalue weighted by Crippen LogP contribution is 2.40. The molecule has 4 aliphatic rings. The highest BCUT2D eigenvalue weighted by Gasteiger charge is 2.50. The van der Waals surface area contributed by atoms with Gasteiger partial charge in [-0.3, -0.25) is 9.59 Å². The van der Waals surface area contributed by atoms with Crippen molar-refractivity contribution in [1.29, 1.82) is 0 Å². The second kappa shape index (κ2) is 7.59. The Morgan fingerprint density at radius 2 is 1.83 bits per heavy atom. The molecule has 0 radical (unpaired) electrons. The van der Waals surface area contributed by atoms with Gasteiger partial charge in [-0.25, -0.2) is 4.98 Å². The molecule has 1 aromatic heterocycles. The zero-order valence-electron chi connectivity index (χ0n) is 17.0. The summed E-state index contributed by atoms with van der Waals surface area (Å²) in [6.45, 7) is 4.15. The molecule has 0 spiro atoms. The van der Waals surface area contributed by atoms with Crippen molar-refractivity contribution >= 4 is 29.3 Å². The number of piperidine rings is 1. The van der Waals surface area contributed by atoms with Crippen LogP contribution in [0.3, 0.4) is 0 Å². The minimum atomic E-state index is -0.0832. The zero-order chi connectivity index (χ0) is 20.7. The van der Waals surface area contributed by atoms with Crippen molar-refractivity contribution in [3.05, 3.63) is 42.1 Å². The van der Waals surface area contributed by atoms with Crippen LogP contribution >= 0.6 is 0 Å². The van der Waals surface area contributed by atoms with E-state index in [1.165, 1.54) is 0 Å². The van der Waals surface area contributed by atoms with Crippen LogP contribution < -0.4 is 15.5 Å². The number of fused-ring (bicyclic) bond motifs is 2. The summed E-state index contributed by atoms with van der Waals surface area (Å²) in [6.07, 6.45) is 4.97. The van der Waals surface area contributed by atoms with Gasteiger partial charge < -0.3 is 20.4 Å². The SMILES string of the molecule is CCNC(=O)c1ccc(Nc2nccc(N3C[C@H]4C[C@@H](C3)N4C(=O)C3CC3)n2)cc1. The fraction of sp³-hybridized carbons (Fsp3) is 0.455. The van der Waals surface area contributed by atoms with Crippen LogP contribution in [0.25, 0.3) is 0 Å². The van der Waals surface area contributed by atoms with Crippen molar-refractivity contribution in [2.75, 3.05) is 29.9 Å². The van der Waals surface area contributed by atoms with Gasteiger partial charge in [-0.2, -0.15) is 4.98 Å². The van der Waals surface area contributed by atoms with Crippen molar-refractivity contribution < 1.29 is 9.59 Å². The Bertz CT molecular complexity index is 946. The van der Waals surface area contributed by atoms with Crippen LogP contribution in [0.5, 0.6) is 0 Å². The molecule has 30 heavy (non-hydrogen) atoms. The molecule has 2 N–H and O–H groups in total. The Hall–Kier alpha value is -3.16. The maximum absolute atomic E-state index is 12.5. The fourth-order valence-corrected chi connectivity index (χ4v) is 4.38. The van der Waals surface area contributed by atoms with E-state index in [-0.39, 0.29) is 11.8 Å². The molecule has 8 nitrogen and oxygen atoms in total. The zero-order valence-corrected chi connectivity index (χ0v) is 17.0. The Balaban J connectivity index is 1.23. The van der Waals surface area contributed by atoms with Gasteiger partial charge in [-0.15, -0.1) is 0 Å². The highest BCUT2D eigenvalue weighted by molar-refractivity contribution is 5.94. The summed E-state index contributed by atoms with van der Waals surface area (Å²) in [7, 11) is 0. The molecule has 2 aromatic rings. The van der Waals surface area contributed by atoms with E-state index in [0.29, 0.717) is 36.0 Å². The van der Waals surface area contributed by atoms with Gasteiger partial charge in [0.05, 0.1) is 12.1 Å². The second-order valence-electron chi connectivity index (χ2n) is 8.27. The maximum Gasteiger partial charge on any atom is 0.251 e. The number of benzene rings is 1. The lowest BCUT2D eigenvalue weighted by atomic mass is 9.86. The van der Waals surface area contributed by atoms with E-state index in [9.17, 15) is 9.59 Å². The van der Waals surface area contributed by atoms with Crippen molar-refractivity contribution in [3.63, 3.8) is 0 Å².